The highest BCUT2D eigenvalue weighted by Gasteiger charge is 2.32. The second-order valence-corrected chi connectivity index (χ2v) is 7.49. The van der Waals surface area contributed by atoms with Crippen molar-refractivity contribution in [2.45, 2.75) is 39.4 Å². The van der Waals surface area contributed by atoms with Crippen LogP contribution in [0.25, 0.3) is 0 Å². The first kappa shape index (κ1) is 21.0. The van der Waals surface area contributed by atoms with Crippen LogP contribution in [0.5, 0.6) is 0 Å². The van der Waals surface area contributed by atoms with E-state index in [4.69, 9.17) is 20.4 Å². The summed E-state index contributed by atoms with van der Waals surface area (Å²) < 4.78 is 9.12. The van der Waals surface area contributed by atoms with Crippen molar-refractivity contribution < 1.29 is 4.74 Å². The Kier molecular flexibility index (Phi) is 6.28. The summed E-state index contributed by atoms with van der Waals surface area (Å²) in [5.74, 6) is 1.05. The molecule has 10 nitrogen and oxygen atoms in total. The fraction of sp³-hybridized carbons (Fsp3) is 0.429. The Labute approximate surface area is 181 Å². The third kappa shape index (κ3) is 4.44. The Morgan fingerprint density at radius 2 is 2.13 bits per heavy atom. The van der Waals surface area contributed by atoms with Gasteiger partial charge >= 0.3 is 0 Å². The van der Waals surface area contributed by atoms with E-state index in [1.54, 1.807) is 19.5 Å². The Balaban J connectivity index is 1.88. The number of hydrogen-bond donors (Lipinski definition) is 2. The fourth-order valence-electron chi connectivity index (χ4n) is 3.71. The van der Waals surface area contributed by atoms with Gasteiger partial charge in [-0.05, 0) is 37.1 Å². The molecule has 3 N–H and O–H groups in total. The molecule has 0 saturated carbocycles. The van der Waals surface area contributed by atoms with E-state index in [9.17, 15) is 0 Å². The lowest BCUT2D eigenvalue weighted by Gasteiger charge is -2.21. The van der Waals surface area contributed by atoms with Crippen LogP contribution in [0.1, 0.15) is 30.6 Å². The highest BCUT2D eigenvalue weighted by Crippen LogP contribution is 2.31. The smallest absolute Gasteiger partial charge is 0.202 e. The molecule has 1 unspecified atom stereocenters. The van der Waals surface area contributed by atoms with E-state index in [0.717, 1.165) is 28.9 Å². The van der Waals surface area contributed by atoms with Crippen molar-refractivity contribution >= 4 is 17.5 Å². The molecule has 1 aliphatic heterocycles. The van der Waals surface area contributed by atoms with Crippen LogP contribution < -0.4 is 21.7 Å². The molecule has 0 aliphatic carbocycles. The van der Waals surface area contributed by atoms with Crippen LogP contribution in [0.15, 0.2) is 41.8 Å². The summed E-state index contributed by atoms with van der Waals surface area (Å²) in [6.45, 7) is 6.60. The van der Waals surface area contributed by atoms with E-state index in [1.807, 2.05) is 40.6 Å². The number of hydrazine groups is 1. The van der Waals surface area contributed by atoms with Gasteiger partial charge in [-0.2, -0.15) is 5.10 Å². The van der Waals surface area contributed by atoms with Crippen LogP contribution in [0.4, 0.5) is 17.5 Å². The topological polar surface area (TPSA) is 111 Å². The molecule has 4 heterocycles. The van der Waals surface area contributed by atoms with Gasteiger partial charge in [0.25, 0.3) is 0 Å². The minimum absolute atomic E-state index is 0.0642. The summed E-state index contributed by atoms with van der Waals surface area (Å²) in [6.07, 6.45) is 6.33. The number of nitrogens with two attached hydrogens (primary N) is 1. The van der Waals surface area contributed by atoms with Crippen molar-refractivity contribution in [3.8, 4) is 0 Å². The summed E-state index contributed by atoms with van der Waals surface area (Å²) in [6, 6.07) is 5.88. The molecule has 0 fully saturated rings. The first-order valence-electron chi connectivity index (χ1n) is 10.5. The lowest BCUT2D eigenvalue weighted by Crippen LogP contribution is -2.40. The maximum atomic E-state index is 6.45. The number of nitrogens with zero attached hydrogens (tertiary/aromatic N) is 7. The van der Waals surface area contributed by atoms with Crippen LogP contribution in [-0.4, -0.2) is 44.6 Å². The zero-order valence-corrected chi connectivity index (χ0v) is 18.2. The van der Waals surface area contributed by atoms with Gasteiger partial charge in [-0.1, -0.05) is 6.92 Å². The first-order chi connectivity index (χ1) is 15.1. The number of anilines is 2. The molecule has 31 heavy (non-hydrogen) atoms. The molecule has 0 amide bonds. The number of ether oxygens (including phenoxy) is 1. The summed E-state index contributed by atoms with van der Waals surface area (Å²) in [5.41, 5.74) is 13.6. The molecular formula is C21H29N9O. The van der Waals surface area contributed by atoms with E-state index in [0.29, 0.717) is 38.0 Å². The van der Waals surface area contributed by atoms with Gasteiger partial charge < -0.3 is 15.5 Å². The van der Waals surface area contributed by atoms with Crippen molar-refractivity contribution in [1.29, 1.82) is 0 Å². The van der Waals surface area contributed by atoms with Crippen LogP contribution in [0.2, 0.25) is 0 Å². The van der Waals surface area contributed by atoms with Gasteiger partial charge in [0.2, 0.25) is 5.95 Å². The van der Waals surface area contributed by atoms with Crippen LogP contribution in [0.3, 0.4) is 0 Å². The number of nitrogens with one attached hydrogen (secondary N) is 1. The molecule has 0 radical (unpaired) electrons. The van der Waals surface area contributed by atoms with E-state index in [1.165, 1.54) is 0 Å². The van der Waals surface area contributed by atoms with E-state index in [2.05, 4.69) is 27.4 Å². The highest BCUT2D eigenvalue weighted by molar-refractivity contribution is 5.56. The Morgan fingerprint density at radius 1 is 1.26 bits per heavy atom. The molecule has 3 aromatic rings. The summed E-state index contributed by atoms with van der Waals surface area (Å²) in [4.78, 5) is 14.2. The Morgan fingerprint density at radius 3 is 2.84 bits per heavy atom. The van der Waals surface area contributed by atoms with Gasteiger partial charge in [0.15, 0.2) is 11.3 Å². The number of nitrogen functional groups attached to an aromatic ring is 1. The van der Waals surface area contributed by atoms with Gasteiger partial charge in [0, 0.05) is 32.2 Å². The normalized spacial score (nSPS) is 16.2. The number of fused-ring (bicyclic) bond motifs is 1. The number of pyridine rings is 1. The SMILES string of the molecule is CCC1NN(CCOC)c2c1nc(N)n(CCn1cccn1)c2=Nc1cc(C)ccn1. The molecule has 0 saturated heterocycles. The predicted octanol–water partition coefficient (Wildman–Crippen LogP) is 1.72. The molecule has 3 aromatic heterocycles. The summed E-state index contributed by atoms with van der Waals surface area (Å²) in [5, 5.41) is 6.37. The van der Waals surface area contributed by atoms with Gasteiger partial charge in [-0.25, -0.2) is 20.4 Å². The van der Waals surface area contributed by atoms with Crippen LogP contribution in [0, 0.1) is 6.92 Å². The average Bonchev–Trinajstić information content (AvgIpc) is 3.39. The van der Waals surface area contributed by atoms with Crippen molar-refractivity contribution in [2.75, 3.05) is 31.0 Å². The number of aryl methyl sites for hydroxylation is 2. The maximum Gasteiger partial charge on any atom is 0.202 e. The Bertz CT molecular complexity index is 1090. The molecule has 10 heteroatoms. The summed E-state index contributed by atoms with van der Waals surface area (Å²) in [7, 11) is 1.70. The minimum Gasteiger partial charge on any atom is -0.383 e. The molecule has 1 aliphatic rings. The van der Waals surface area contributed by atoms with Crippen molar-refractivity contribution in [3.63, 3.8) is 0 Å². The largest absolute Gasteiger partial charge is 0.383 e. The van der Waals surface area contributed by atoms with Gasteiger partial charge in [0.1, 0.15) is 5.69 Å². The van der Waals surface area contributed by atoms with E-state index >= 15 is 0 Å². The lowest BCUT2D eigenvalue weighted by molar-refractivity contribution is 0.202. The average molecular weight is 424 g/mol. The van der Waals surface area contributed by atoms with Gasteiger partial charge in [0.05, 0.1) is 31.4 Å². The van der Waals surface area contributed by atoms with E-state index in [-0.39, 0.29) is 6.04 Å². The zero-order valence-electron chi connectivity index (χ0n) is 18.2. The molecule has 4 rings (SSSR count). The van der Waals surface area contributed by atoms with Gasteiger partial charge in [-0.3, -0.25) is 9.25 Å². The zero-order chi connectivity index (χ0) is 21.8. The first-order valence-corrected chi connectivity index (χ1v) is 10.5. The van der Waals surface area contributed by atoms with Crippen LogP contribution >= 0.6 is 0 Å². The quantitative estimate of drug-likeness (QED) is 0.567. The van der Waals surface area contributed by atoms with Crippen molar-refractivity contribution in [3.05, 3.63) is 53.5 Å². The standard InChI is InChI=1S/C21H29N9O/c1-4-16-18-19(30(27-16)12-13-31-3)20(25-17-14-15(2)6-8-23-17)29(21(22)26-18)11-10-28-9-5-7-24-28/h5-9,14,16,27H,4,10-13H2,1-3H3,(H2,22,26). The van der Waals surface area contributed by atoms with Crippen molar-refractivity contribution in [1.82, 2.24) is 29.7 Å². The van der Waals surface area contributed by atoms with Gasteiger partial charge in [-0.15, -0.1) is 0 Å². The number of aromatic nitrogens is 5. The maximum absolute atomic E-state index is 6.45. The molecule has 164 valence electrons. The highest BCUT2D eigenvalue weighted by atomic mass is 16.5. The third-order valence-electron chi connectivity index (χ3n) is 5.29. The molecule has 0 bridgehead atoms. The third-order valence-corrected chi connectivity index (χ3v) is 5.29. The monoisotopic (exact) mass is 423 g/mol. The molecule has 0 spiro atoms. The summed E-state index contributed by atoms with van der Waals surface area (Å²) >= 11 is 0. The second kappa shape index (κ2) is 9.27. The number of methoxy groups -OCH3 is 1. The van der Waals surface area contributed by atoms with E-state index < -0.39 is 0 Å². The van der Waals surface area contributed by atoms with Crippen molar-refractivity contribution in [2.24, 2.45) is 4.99 Å². The number of rotatable bonds is 8. The fourth-order valence-corrected chi connectivity index (χ4v) is 3.71. The minimum atomic E-state index is 0.0642. The predicted molar refractivity (Wildman–Crippen MR) is 118 cm³/mol. The molecular weight excluding hydrogens is 394 g/mol. The number of hydrogen-bond acceptors (Lipinski definition) is 8. The molecule has 1 atom stereocenters. The lowest BCUT2D eigenvalue weighted by atomic mass is 10.1. The second-order valence-electron chi connectivity index (χ2n) is 7.49. The Hall–Kier alpha value is -3.24. The molecule has 0 aromatic carbocycles. The van der Waals surface area contributed by atoms with Crippen LogP contribution in [-0.2, 0) is 17.8 Å².